The minimum absolute atomic E-state index is 0.149. The number of esters is 1. The maximum absolute atomic E-state index is 11.4. The van der Waals surface area contributed by atoms with Gasteiger partial charge in [-0.2, -0.15) is 0 Å². The van der Waals surface area contributed by atoms with Crippen molar-refractivity contribution in [3.63, 3.8) is 0 Å². The summed E-state index contributed by atoms with van der Waals surface area (Å²) in [6, 6.07) is 6.90. The number of carbonyl (C=O) groups excluding carboxylic acids is 2. The van der Waals surface area contributed by atoms with E-state index in [1.54, 1.807) is 31.2 Å². The fourth-order valence-corrected chi connectivity index (χ4v) is 1.44. The molecule has 1 aromatic carbocycles. The predicted octanol–water partition coefficient (Wildman–Crippen LogP) is 1.41. The lowest BCUT2D eigenvalue weighted by Gasteiger charge is -2.08. The third-order valence-electron chi connectivity index (χ3n) is 2.29. The van der Waals surface area contributed by atoms with Crippen molar-refractivity contribution in [1.82, 2.24) is 5.32 Å². The first kappa shape index (κ1) is 17.3. The zero-order valence-corrected chi connectivity index (χ0v) is 12.5. The van der Waals surface area contributed by atoms with Crippen molar-refractivity contribution in [2.45, 2.75) is 6.92 Å². The van der Waals surface area contributed by atoms with Crippen molar-refractivity contribution in [1.29, 1.82) is 0 Å². The van der Waals surface area contributed by atoms with Gasteiger partial charge in [-0.1, -0.05) is 11.6 Å². The van der Waals surface area contributed by atoms with Gasteiger partial charge in [0.25, 0.3) is 5.91 Å². The van der Waals surface area contributed by atoms with Gasteiger partial charge in [-0.25, -0.2) is 4.79 Å². The number of amides is 1. The number of nitrogens with one attached hydrogen (secondary N) is 1. The van der Waals surface area contributed by atoms with Gasteiger partial charge in [-0.15, -0.1) is 0 Å². The standard InChI is InChI=1S/C14H18ClNO5/c1-2-19-10-14(18)21-9-13(17)16-7-8-20-12-5-3-11(15)4-6-12/h3-6H,2,7-10H2,1H3,(H,16,17). The minimum Gasteiger partial charge on any atom is -0.492 e. The molecule has 1 rings (SSSR count). The average Bonchev–Trinajstić information content (AvgIpc) is 2.49. The Kier molecular flexibility index (Phi) is 8.23. The molecule has 0 aliphatic rings. The molecule has 0 fully saturated rings. The lowest BCUT2D eigenvalue weighted by atomic mass is 10.3. The number of halogens is 1. The lowest BCUT2D eigenvalue weighted by molar-refractivity contribution is -0.152. The Morgan fingerprint density at radius 1 is 1.19 bits per heavy atom. The van der Waals surface area contributed by atoms with Gasteiger partial charge in [-0.05, 0) is 31.2 Å². The third-order valence-corrected chi connectivity index (χ3v) is 2.55. The molecule has 0 aliphatic carbocycles. The van der Waals surface area contributed by atoms with Gasteiger partial charge in [0, 0.05) is 11.6 Å². The Hall–Kier alpha value is -1.79. The second-order valence-corrected chi connectivity index (χ2v) is 4.39. The quantitative estimate of drug-likeness (QED) is 0.551. The van der Waals surface area contributed by atoms with Crippen molar-refractivity contribution in [3.8, 4) is 5.75 Å². The molecule has 0 saturated carbocycles. The molecule has 21 heavy (non-hydrogen) atoms. The van der Waals surface area contributed by atoms with Crippen LogP contribution in [0.25, 0.3) is 0 Å². The van der Waals surface area contributed by atoms with Gasteiger partial charge in [0.05, 0.1) is 6.54 Å². The molecule has 1 amide bonds. The van der Waals surface area contributed by atoms with Crippen molar-refractivity contribution in [2.24, 2.45) is 0 Å². The van der Waals surface area contributed by atoms with E-state index in [1.165, 1.54) is 0 Å². The summed E-state index contributed by atoms with van der Waals surface area (Å²) in [5, 5.41) is 3.20. The van der Waals surface area contributed by atoms with Crippen LogP contribution in [0.3, 0.4) is 0 Å². The highest BCUT2D eigenvalue weighted by molar-refractivity contribution is 6.30. The second kappa shape index (κ2) is 10.0. The van der Waals surface area contributed by atoms with Crippen molar-refractivity contribution < 1.29 is 23.8 Å². The Bertz CT molecular complexity index is 449. The van der Waals surface area contributed by atoms with Crippen LogP contribution < -0.4 is 10.1 Å². The molecular weight excluding hydrogens is 298 g/mol. The van der Waals surface area contributed by atoms with E-state index in [-0.39, 0.29) is 19.1 Å². The number of benzene rings is 1. The van der Waals surface area contributed by atoms with Gasteiger partial charge >= 0.3 is 5.97 Å². The third kappa shape index (κ3) is 8.16. The van der Waals surface area contributed by atoms with E-state index in [0.717, 1.165) is 0 Å². The molecule has 0 heterocycles. The monoisotopic (exact) mass is 315 g/mol. The van der Waals surface area contributed by atoms with E-state index in [4.69, 9.17) is 25.8 Å². The van der Waals surface area contributed by atoms with Gasteiger partial charge in [0.1, 0.15) is 19.0 Å². The molecule has 0 bridgehead atoms. The zero-order chi connectivity index (χ0) is 15.5. The lowest BCUT2D eigenvalue weighted by Crippen LogP contribution is -2.32. The van der Waals surface area contributed by atoms with E-state index in [1.807, 2.05) is 0 Å². The summed E-state index contributed by atoms with van der Waals surface area (Å²) in [5.41, 5.74) is 0. The summed E-state index contributed by atoms with van der Waals surface area (Å²) in [4.78, 5) is 22.5. The normalized spacial score (nSPS) is 10.0. The number of hydrogen-bond donors (Lipinski definition) is 1. The summed E-state index contributed by atoms with van der Waals surface area (Å²) in [7, 11) is 0. The Morgan fingerprint density at radius 2 is 1.90 bits per heavy atom. The highest BCUT2D eigenvalue weighted by atomic mass is 35.5. The maximum atomic E-state index is 11.4. The number of hydrogen-bond acceptors (Lipinski definition) is 5. The van der Waals surface area contributed by atoms with Crippen LogP contribution in [-0.4, -0.2) is 44.8 Å². The first-order valence-corrected chi connectivity index (χ1v) is 6.88. The van der Waals surface area contributed by atoms with Gasteiger partial charge < -0.3 is 19.5 Å². The average molecular weight is 316 g/mol. The van der Waals surface area contributed by atoms with Crippen LogP contribution in [0.15, 0.2) is 24.3 Å². The highest BCUT2D eigenvalue weighted by Gasteiger charge is 2.06. The highest BCUT2D eigenvalue weighted by Crippen LogP contribution is 2.14. The van der Waals surface area contributed by atoms with E-state index < -0.39 is 5.97 Å². The van der Waals surface area contributed by atoms with Crippen molar-refractivity contribution in [3.05, 3.63) is 29.3 Å². The smallest absolute Gasteiger partial charge is 0.332 e. The predicted molar refractivity (Wildman–Crippen MR) is 77.4 cm³/mol. The SMILES string of the molecule is CCOCC(=O)OCC(=O)NCCOc1ccc(Cl)cc1. The van der Waals surface area contributed by atoms with E-state index in [2.05, 4.69) is 5.32 Å². The van der Waals surface area contributed by atoms with Gasteiger partial charge in [0.15, 0.2) is 6.61 Å². The van der Waals surface area contributed by atoms with E-state index in [9.17, 15) is 9.59 Å². The van der Waals surface area contributed by atoms with Crippen LogP contribution in [0, 0.1) is 0 Å². The molecule has 0 radical (unpaired) electrons. The van der Waals surface area contributed by atoms with E-state index in [0.29, 0.717) is 30.5 Å². The summed E-state index contributed by atoms with van der Waals surface area (Å²) < 4.78 is 14.9. The first-order valence-electron chi connectivity index (χ1n) is 6.50. The zero-order valence-electron chi connectivity index (χ0n) is 11.8. The minimum atomic E-state index is -0.565. The van der Waals surface area contributed by atoms with Crippen LogP contribution in [0.2, 0.25) is 5.02 Å². The molecule has 0 aromatic heterocycles. The molecule has 0 spiro atoms. The molecule has 0 aliphatic heterocycles. The topological polar surface area (TPSA) is 73.9 Å². The molecule has 6 nitrogen and oxygen atoms in total. The second-order valence-electron chi connectivity index (χ2n) is 3.95. The van der Waals surface area contributed by atoms with Crippen LogP contribution in [0.5, 0.6) is 5.75 Å². The van der Waals surface area contributed by atoms with Crippen molar-refractivity contribution in [2.75, 3.05) is 33.0 Å². The molecular formula is C14H18ClNO5. The molecule has 1 N–H and O–H groups in total. The fraction of sp³-hybridized carbons (Fsp3) is 0.429. The number of rotatable bonds is 9. The maximum Gasteiger partial charge on any atom is 0.332 e. The van der Waals surface area contributed by atoms with Crippen LogP contribution in [0.4, 0.5) is 0 Å². The van der Waals surface area contributed by atoms with Gasteiger partial charge in [0.2, 0.25) is 0 Å². The Balaban J connectivity index is 2.08. The summed E-state index contributed by atoms with van der Waals surface area (Å²) in [6.45, 7) is 2.32. The summed E-state index contributed by atoms with van der Waals surface area (Å²) in [6.07, 6.45) is 0. The molecule has 0 saturated heterocycles. The first-order chi connectivity index (χ1) is 10.1. The van der Waals surface area contributed by atoms with E-state index >= 15 is 0 Å². The van der Waals surface area contributed by atoms with Crippen LogP contribution >= 0.6 is 11.6 Å². The fourth-order valence-electron chi connectivity index (χ4n) is 1.31. The largest absolute Gasteiger partial charge is 0.492 e. The Morgan fingerprint density at radius 3 is 2.57 bits per heavy atom. The Labute approximate surface area is 128 Å². The van der Waals surface area contributed by atoms with Crippen LogP contribution in [-0.2, 0) is 19.1 Å². The van der Waals surface area contributed by atoms with Crippen LogP contribution in [0.1, 0.15) is 6.92 Å². The summed E-state index contributed by atoms with van der Waals surface area (Å²) in [5.74, 6) is -0.291. The summed E-state index contributed by atoms with van der Waals surface area (Å²) >= 11 is 5.74. The molecule has 0 unspecified atom stereocenters. The van der Waals surface area contributed by atoms with Crippen molar-refractivity contribution >= 4 is 23.5 Å². The van der Waals surface area contributed by atoms with Gasteiger partial charge in [-0.3, -0.25) is 4.79 Å². The molecule has 7 heteroatoms. The molecule has 116 valence electrons. The number of ether oxygens (including phenoxy) is 3. The molecule has 0 atom stereocenters. The number of carbonyl (C=O) groups is 2. The molecule has 1 aromatic rings.